The van der Waals surface area contributed by atoms with Gasteiger partial charge in [-0.3, -0.25) is 0 Å². The lowest BCUT2D eigenvalue weighted by atomic mass is 10.1. The second kappa shape index (κ2) is 4.76. The topological polar surface area (TPSA) is 60.7 Å². The minimum atomic E-state index is 0.464. The van der Waals surface area contributed by atoms with Gasteiger partial charge in [0.2, 0.25) is 0 Å². The highest BCUT2D eigenvalue weighted by Gasteiger charge is 2.12. The molecule has 4 nitrogen and oxygen atoms in total. The van der Waals surface area contributed by atoms with E-state index in [9.17, 15) is 0 Å². The van der Waals surface area contributed by atoms with Crippen molar-refractivity contribution in [2.45, 2.75) is 18.9 Å². The Labute approximate surface area is 89.3 Å². The van der Waals surface area contributed by atoms with Gasteiger partial charge in [0.1, 0.15) is 11.8 Å². The van der Waals surface area contributed by atoms with Crippen LogP contribution >= 0.6 is 0 Å². The van der Waals surface area contributed by atoms with Gasteiger partial charge in [0.05, 0.1) is 11.9 Å². The number of rotatable bonds is 2. The van der Waals surface area contributed by atoms with Crippen LogP contribution in [-0.4, -0.2) is 24.1 Å². The lowest BCUT2D eigenvalue weighted by Gasteiger charge is -2.24. The van der Waals surface area contributed by atoms with Gasteiger partial charge in [0.15, 0.2) is 0 Å². The highest BCUT2D eigenvalue weighted by atomic mass is 15.0. The average molecular weight is 202 g/mol. The SMILES string of the molecule is N#Cc1ccc(NC2CCNCC2)cn1. The van der Waals surface area contributed by atoms with Crippen LogP contribution in [0, 0.1) is 11.3 Å². The fourth-order valence-corrected chi connectivity index (χ4v) is 1.75. The molecule has 0 atom stereocenters. The third-order valence-corrected chi connectivity index (χ3v) is 2.59. The van der Waals surface area contributed by atoms with Crippen molar-refractivity contribution >= 4 is 5.69 Å². The van der Waals surface area contributed by atoms with Crippen molar-refractivity contribution in [3.63, 3.8) is 0 Å². The van der Waals surface area contributed by atoms with Crippen LogP contribution in [0.25, 0.3) is 0 Å². The van der Waals surface area contributed by atoms with Crippen LogP contribution in [0.2, 0.25) is 0 Å². The first-order chi connectivity index (χ1) is 7.38. The first-order valence-corrected chi connectivity index (χ1v) is 5.22. The van der Waals surface area contributed by atoms with Gasteiger partial charge < -0.3 is 10.6 Å². The number of hydrogen-bond acceptors (Lipinski definition) is 4. The van der Waals surface area contributed by atoms with Crippen LogP contribution in [0.15, 0.2) is 18.3 Å². The molecule has 0 aliphatic carbocycles. The zero-order valence-corrected chi connectivity index (χ0v) is 8.53. The van der Waals surface area contributed by atoms with Gasteiger partial charge in [-0.05, 0) is 38.1 Å². The second-order valence-electron chi connectivity index (χ2n) is 3.71. The fourth-order valence-electron chi connectivity index (χ4n) is 1.75. The first kappa shape index (κ1) is 9.94. The summed E-state index contributed by atoms with van der Waals surface area (Å²) >= 11 is 0. The van der Waals surface area contributed by atoms with Crippen LogP contribution in [-0.2, 0) is 0 Å². The first-order valence-electron chi connectivity index (χ1n) is 5.22. The number of piperidine rings is 1. The van der Waals surface area contributed by atoms with Gasteiger partial charge in [-0.2, -0.15) is 5.26 Å². The van der Waals surface area contributed by atoms with Crippen LogP contribution < -0.4 is 10.6 Å². The predicted molar refractivity (Wildman–Crippen MR) is 58.5 cm³/mol. The Bertz CT molecular complexity index is 346. The van der Waals surface area contributed by atoms with Crippen molar-refractivity contribution in [2.75, 3.05) is 18.4 Å². The van der Waals surface area contributed by atoms with Gasteiger partial charge in [-0.15, -0.1) is 0 Å². The van der Waals surface area contributed by atoms with E-state index in [0.29, 0.717) is 11.7 Å². The van der Waals surface area contributed by atoms with Gasteiger partial charge in [0.25, 0.3) is 0 Å². The molecule has 1 aromatic rings. The van der Waals surface area contributed by atoms with Crippen molar-refractivity contribution in [3.05, 3.63) is 24.0 Å². The number of anilines is 1. The van der Waals surface area contributed by atoms with E-state index in [4.69, 9.17) is 5.26 Å². The van der Waals surface area contributed by atoms with E-state index in [1.807, 2.05) is 12.1 Å². The normalized spacial score (nSPS) is 17.0. The summed E-state index contributed by atoms with van der Waals surface area (Å²) in [4.78, 5) is 4.02. The monoisotopic (exact) mass is 202 g/mol. The minimum Gasteiger partial charge on any atom is -0.381 e. The van der Waals surface area contributed by atoms with E-state index in [-0.39, 0.29) is 0 Å². The maximum atomic E-state index is 8.61. The fraction of sp³-hybridized carbons (Fsp3) is 0.455. The molecular formula is C11H14N4. The van der Waals surface area contributed by atoms with Gasteiger partial charge >= 0.3 is 0 Å². The Balaban J connectivity index is 1.95. The van der Waals surface area contributed by atoms with Crippen LogP contribution in [0.4, 0.5) is 5.69 Å². The zero-order valence-electron chi connectivity index (χ0n) is 8.53. The summed E-state index contributed by atoms with van der Waals surface area (Å²) in [6.45, 7) is 2.14. The Morgan fingerprint density at radius 1 is 1.40 bits per heavy atom. The van der Waals surface area contributed by atoms with E-state index in [0.717, 1.165) is 31.6 Å². The van der Waals surface area contributed by atoms with Gasteiger partial charge in [-0.25, -0.2) is 4.98 Å². The molecule has 2 heterocycles. The summed E-state index contributed by atoms with van der Waals surface area (Å²) in [6.07, 6.45) is 4.00. The Hall–Kier alpha value is -1.60. The molecule has 1 aliphatic rings. The van der Waals surface area contributed by atoms with Crippen LogP contribution in [0.5, 0.6) is 0 Å². The van der Waals surface area contributed by atoms with Crippen LogP contribution in [0.3, 0.4) is 0 Å². The van der Waals surface area contributed by atoms with Crippen molar-refractivity contribution in [1.82, 2.24) is 10.3 Å². The number of pyridine rings is 1. The quantitative estimate of drug-likeness (QED) is 0.754. The Kier molecular flexibility index (Phi) is 3.15. The number of nitrogens with one attached hydrogen (secondary N) is 2. The van der Waals surface area contributed by atoms with Crippen LogP contribution in [0.1, 0.15) is 18.5 Å². The molecule has 1 saturated heterocycles. The van der Waals surface area contributed by atoms with Crippen molar-refractivity contribution in [2.24, 2.45) is 0 Å². The molecule has 0 radical (unpaired) electrons. The number of nitriles is 1. The third-order valence-electron chi connectivity index (χ3n) is 2.59. The second-order valence-corrected chi connectivity index (χ2v) is 3.71. The lowest BCUT2D eigenvalue weighted by molar-refractivity contribution is 0.479. The van der Waals surface area contributed by atoms with Gasteiger partial charge in [0, 0.05) is 6.04 Å². The standard InChI is InChI=1S/C11H14N4/c12-7-10-1-2-11(8-14-10)15-9-3-5-13-6-4-9/h1-2,8-9,13,15H,3-6H2. The molecule has 2 N–H and O–H groups in total. The van der Waals surface area contributed by atoms with E-state index in [1.165, 1.54) is 0 Å². The summed E-state index contributed by atoms with van der Waals surface area (Å²) in [5.41, 5.74) is 1.46. The van der Waals surface area contributed by atoms with E-state index in [2.05, 4.69) is 15.6 Å². The Morgan fingerprint density at radius 3 is 2.80 bits per heavy atom. The highest BCUT2D eigenvalue weighted by molar-refractivity contribution is 5.43. The minimum absolute atomic E-state index is 0.464. The molecule has 2 rings (SSSR count). The maximum absolute atomic E-state index is 8.61. The molecule has 1 aromatic heterocycles. The molecule has 78 valence electrons. The molecule has 0 saturated carbocycles. The molecule has 0 aromatic carbocycles. The number of hydrogen-bond donors (Lipinski definition) is 2. The van der Waals surface area contributed by atoms with E-state index in [1.54, 1.807) is 12.3 Å². The summed E-state index contributed by atoms with van der Waals surface area (Å²) in [7, 11) is 0. The maximum Gasteiger partial charge on any atom is 0.140 e. The molecule has 1 aliphatic heterocycles. The van der Waals surface area contributed by atoms with E-state index >= 15 is 0 Å². The largest absolute Gasteiger partial charge is 0.381 e. The molecule has 4 heteroatoms. The number of aromatic nitrogens is 1. The molecule has 0 spiro atoms. The third kappa shape index (κ3) is 2.67. The summed E-state index contributed by atoms with van der Waals surface area (Å²) in [6, 6.07) is 6.19. The summed E-state index contributed by atoms with van der Waals surface area (Å²) < 4.78 is 0. The summed E-state index contributed by atoms with van der Waals surface area (Å²) in [5, 5.41) is 15.3. The number of nitrogens with zero attached hydrogens (tertiary/aromatic N) is 2. The molecule has 1 fully saturated rings. The molecular weight excluding hydrogens is 188 g/mol. The molecule has 0 bridgehead atoms. The predicted octanol–water partition coefficient (Wildman–Crippen LogP) is 1.12. The highest BCUT2D eigenvalue weighted by Crippen LogP contribution is 2.12. The average Bonchev–Trinajstić information content (AvgIpc) is 2.31. The van der Waals surface area contributed by atoms with Crippen molar-refractivity contribution < 1.29 is 0 Å². The molecule has 0 unspecified atom stereocenters. The van der Waals surface area contributed by atoms with Crippen molar-refractivity contribution in [3.8, 4) is 6.07 Å². The van der Waals surface area contributed by atoms with Crippen molar-refractivity contribution in [1.29, 1.82) is 5.26 Å². The Morgan fingerprint density at radius 2 is 2.20 bits per heavy atom. The summed E-state index contributed by atoms with van der Waals surface area (Å²) in [5.74, 6) is 0. The molecule has 15 heavy (non-hydrogen) atoms. The molecule has 0 amide bonds. The lowest BCUT2D eigenvalue weighted by Crippen LogP contribution is -2.35. The zero-order chi connectivity index (χ0) is 10.5. The smallest absolute Gasteiger partial charge is 0.140 e. The van der Waals surface area contributed by atoms with E-state index < -0.39 is 0 Å². The van der Waals surface area contributed by atoms with Gasteiger partial charge in [-0.1, -0.05) is 0 Å².